The molecule has 0 bridgehead atoms. The Kier molecular flexibility index (Phi) is 37.3. The Morgan fingerprint density at radius 3 is 1.08 bits per heavy atom. The number of hydrogen-bond acceptors (Lipinski definition) is 14. The highest BCUT2D eigenvalue weighted by Crippen LogP contribution is 2.00. The molecule has 0 saturated heterocycles. The fourth-order valence-electron chi connectivity index (χ4n) is 4.25. The molecular weight excluding hydrogens is 700 g/mol. The molecule has 4 amide bonds. The maximum absolute atomic E-state index is 12.1. The molecule has 0 fully saturated rings. The monoisotopic (exact) mass is 768 g/mol. The van der Waals surface area contributed by atoms with Crippen LogP contribution in [0.3, 0.4) is 0 Å². The van der Waals surface area contributed by atoms with Crippen molar-refractivity contribution in [2.45, 2.75) is 63.6 Å². The highest BCUT2D eigenvalue weighted by atomic mass is 16.6. The van der Waals surface area contributed by atoms with Crippen molar-refractivity contribution < 1.29 is 66.5 Å². The van der Waals surface area contributed by atoms with E-state index in [1.807, 2.05) is 0 Å². The van der Waals surface area contributed by atoms with Gasteiger partial charge in [0.15, 0.2) is 0 Å². The second-order valence-corrected chi connectivity index (χ2v) is 11.7. The molecule has 0 saturated carbocycles. The topological polar surface area (TPSA) is 209 Å². The fraction of sp³-hybridized carbons (Fsp3) is 0.886. The molecule has 0 spiro atoms. The predicted molar refractivity (Wildman–Crippen MR) is 194 cm³/mol. The largest absolute Gasteiger partial charge is 0.382 e. The van der Waals surface area contributed by atoms with Crippen LogP contribution < -0.4 is 21.3 Å². The lowest BCUT2D eigenvalue weighted by molar-refractivity contribution is -0.123. The molecule has 0 heterocycles. The lowest BCUT2D eigenvalue weighted by Gasteiger charge is -2.18. The Morgan fingerprint density at radius 1 is 0.396 bits per heavy atom. The van der Waals surface area contributed by atoms with Gasteiger partial charge in [0.25, 0.3) is 0 Å². The van der Waals surface area contributed by atoms with Gasteiger partial charge < -0.3 is 68.6 Å². The van der Waals surface area contributed by atoms with Gasteiger partial charge in [-0.05, 0) is 25.7 Å². The quantitative estimate of drug-likeness (QED) is 0.0477. The van der Waals surface area contributed by atoms with Gasteiger partial charge in [-0.2, -0.15) is 0 Å². The van der Waals surface area contributed by atoms with E-state index in [4.69, 9.17) is 47.4 Å². The van der Waals surface area contributed by atoms with E-state index in [1.54, 1.807) is 28.4 Å². The van der Waals surface area contributed by atoms with Crippen molar-refractivity contribution >= 4 is 23.6 Å². The zero-order valence-electron chi connectivity index (χ0n) is 32.5. The molecule has 53 heavy (non-hydrogen) atoms. The maximum atomic E-state index is 12.1. The first-order chi connectivity index (χ1) is 25.9. The fourth-order valence-corrected chi connectivity index (χ4v) is 4.25. The molecule has 0 aromatic heterocycles. The highest BCUT2D eigenvalue weighted by Gasteiger charge is 2.12. The van der Waals surface area contributed by atoms with Crippen LogP contribution in [0.4, 0.5) is 0 Å². The summed E-state index contributed by atoms with van der Waals surface area (Å²) >= 11 is 0. The van der Waals surface area contributed by atoms with Crippen LogP contribution >= 0.6 is 0 Å². The van der Waals surface area contributed by atoms with Gasteiger partial charge in [0, 0.05) is 80.4 Å². The SMILES string of the molecule is COCCOCC(COCCCNC(=O)CCCC(=O)NCNC(=O)CCCC(=O)NCCCOCC(COCCOC)OCCOC)OCCOC. The Labute approximate surface area is 315 Å². The Hall–Kier alpha value is -2.52. The summed E-state index contributed by atoms with van der Waals surface area (Å²) in [5, 5.41) is 10.8. The molecule has 0 aromatic carbocycles. The normalized spacial score (nSPS) is 12.3. The third-order valence-electron chi connectivity index (χ3n) is 7.12. The number of rotatable bonds is 40. The zero-order valence-corrected chi connectivity index (χ0v) is 32.5. The van der Waals surface area contributed by atoms with Crippen molar-refractivity contribution in [3.63, 3.8) is 0 Å². The number of carbonyl (C=O) groups excluding carboxylic acids is 4. The van der Waals surface area contributed by atoms with E-state index >= 15 is 0 Å². The van der Waals surface area contributed by atoms with Gasteiger partial charge in [0.1, 0.15) is 12.2 Å². The van der Waals surface area contributed by atoms with Gasteiger partial charge >= 0.3 is 0 Å². The summed E-state index contributed by atoms with van der Waals surface area (Å²) < 4.78 is 53.8. The molecular formula is C35H68N4O14. The third-order valence-corrected chi connectivity index (χ3v) is 7.12. The summed E-state index contributed by atoms with van der Waals surface area (Å²) in [5.41, 5.74) is 0. The molecule has 0 radical (unpaired) electrons. The first kappa shape index (κ1) is 50.5. The van der Waals surface area contributed by atoms with Crippen LogP contribution in [-0.2, 0) is 66.5 Å². The average Bonchev–Trinajstić information content (AvgIpc) is 3.14. The minimum absolute atomic E-state index is 0.0226. The summed E-state index contributed by atoms with van der Waals surface area (Å²) in [5.74, 6) is -0.839. The van der Waals surface area contributed by atoms with Crippen LogP contribution in [0.1, 0.15) is 51.4 Å². The van der Waals surface area contributed by atoms with Gasteiger partial charge in [0.2, 0.25) is 23.6 Å². The van der Waals surface area contributed by atoms with E-state index < -0.39 is 0 Å². The van der Waals surface area contributed by atoms with E-state index in [-0.39, 0.29) is 68.2 Å². The Balaban J connectivity index is 3.82. The second-order valence-electron chi connectivity index (χ2n) is 11.7. The van der Waals surface area contributed by atoms with Crippen LogP contribution in [0, 0.1) is 0 Å². The lowest BCUT2D eigenvalue weighted by atomic mass is 10.2. The summed E-state index contributed by atoms with van der Waals surface area (Å²) in [6.45, 7) is 7.02. The molecule has 4 N–H and O–H groups in total. The van der Waals surface area contributed by atoms with E-state index in [0.29, 0.717) is 131 Å². The van der Waals surface area contributed by atoms with Gasteiger partial charge in [-0.25, -0.2) is 0 Å². The van der Waals surface area contributed by atoms with Gasteiger partial charge in [-0.1, -0.05) is 0 Å². The van der Waals surface area contributed by atoms with E-state index in [1.165, 1.54) is 0 Å². The minimum atomic E-state index is -0.270. The zero-order chi connectivity index (χ0) is 39.0. The number of amides is 4. The second kappa shape index (κ2) is 39.2. The molecule has 0 aromatic rings. The predicted octanol–water partition coefficient (Wildman–Crippen LogP) is -0.0481. The van der Waals surface area contributed by atoms with Crippen LogP contribution in [0.2, 0.25) is 0 Å². The number of ether oxygens (including phenoxy) is 10. The molecule has 0 aliphatic heterocycles. The van der Waals surface area contributed by atoms with Crippen molar-refractivity contribution in [3.8, 4) is 0 Å². The molecule has 0 rings (SSSR count). The van der Waals surface area contributed by atoms with Crippen LogP contribution in [-0.4, -0.2) is 177 Å². The highest BCUT2D eigenvalue weighted by molar-refractivity contribution is 5.80. The van der Waals surface area contributed by atoms with Gasteiger partial charge in [-0.3, -0.25) is 19.2 Å². The number of carbonyl (C=O) groups is 4. The van der Waals surface area contributed by atoms with Crippen LogP contribution in [0.25, 0.3) is 0 Å². The third kappa shape index (κ3) is 36.2. The van der Waals surface area contributed by atoms with Gasteiger partial charge in [0.05, 0.1) is 86.0 Å². The van der Waals surface area contributed by atoms with E-state index in [2.05, 4.69) is 21.3 Å². The number of hydrogen-bond donors (Lipinski definition) is 4. The van der Waals surface area contributed by atoms with Crippen molar-refractivity contribution in [3.05, 3.63) is 0 Å². The first-order valence-electron chi connectivity index (χ1n) is 18.4. The molecule has 0 aliphatic rings. The molecule has 2 unspecified atom stereocenters. The molecule has 18 nitrogen and oxygen atoms in total. The van der Waals surface area contributed by atoms with Crippen LogP contribution in [0.15, 0.2) is 0 Å². The molecule has 18 heteroatoms. The van der Waals surface area contributed by atoms with E-state index in [9.17, 15) is 19.2 Å². The standard InChI is InChI=1S/C35H68N4O14/c1-44-17-21-50-27-30(52-23-19-46-3)25-48-15-7-13-36-32(40)9-5-11-34(42)38-29-39-35(43)12-6-10-33(41)37-14-8-16-49-26-31(53-24-20-47-4)28-51-22-18-45-2/h30-31H,5-29H2,1-4H3,(H,36,40)(H,37,41)(H,38,42)(H,39,43). The smallest absolute Gasteiger partial charge is 0.221 e. The molecule has 2 atom stereocenters. The lowest BCUT2D eigenvalue weighted by Crippen LogP contribution is -2.37. The Morgan fingerprint density at radius 2 is 0.717 bits per heavy atom. The summed E-state index contributed by atoms with van der Waals surface area (Å²) in [6, 6.07) is 0. The van der Waals surface area contributed by atoms with Crippen molar-refractivity contribution in [2.75, 3.05) is 141 Å². The maximum Gasteiger partial charge on any atom is 0.221 e. The summed E-state index contributed by atoms with van der Waals surface area (Å²) in [4.78, 5) is 48.3. The van der Waals surface area contributed by atoms with Crippen molar-refractivity contribution in [1.82, 2.24) is 21.3 Å². The summed E-state index contributed by atoms with van der Waals surface area (Å²) in [7, 11) is 6.43. The minimum Gasteiger partial charge on any atom is -0.382 e. The summed E-state index contributed by atoms with van der Waals surface area (Å²) in [6.07, 6.45) is 2.27. The number of methoxy groups -OCH3 is 4. The van der Waals surface area contributed by atoms with Crippen LogP contribution in [0.5, 0.6) is 0 Å². The number of nitrogens with one attached hydrogen (secondary N) is 4. The molecule has 312 valence electrons. The van der Waals surface area contributed by atoms with Crippen molar-refractivity contribution in [2.24, 2.45) is 0 Å². The average molecular weight is 769 g/mol. The van der Waals surface area contributed by atoms with Crippen molar-refractivity contribution in [1.29, 1.82) is 0 Å². The Bertz CT molecular complexity index is 822. The first-order valence-corrected chi connectivity index (χ1v) is 18.4. The van der Waals surface area contributed by atoms with Gasteiger partial charge in [-0.15, -0.1) is 0 Å². The van der Waals surface area contributed by atoms with E-state index in [0.717, 1.165) is 0 Å². The molecule has 0 aliphatic carbocycles.